The molecule has 6 nitrogen and oxygen atoms in total. The molecule has 118 valence electrons. The number of aldehydes is 1. The van der Waals surface area contributed by atoms with E-state index in [0.29, 0.717) is 24.9 Å². The molecule has 0 saturated heterocycles. The quantitative estimate of drug-likeness (QED) is 0.653. The van der Waals surface area contributed by atoms with Crippen LogP contribution in [0.1, 0.15) is 12.8 Å². The summed E-state index contributed by atoms with van der Waals surface area (Å²) in [6, 6.07) is 7.13. The number of ether oxygens (including phenoxy) is 1. The van der Waals surface area contributed by atoms with Gasteiger partial charge in [0.1, 0.15) is 34.8 Å². The van der Waals surface area contributed by atoms with Crippen molar-refractivity contribution in [2.45, 2.75) is 12.8 Å². The number of rotatable bonds is 5. The van der Waals surface area contributed by atoms with Crippen molar-refractivity contribution in [1.82, 2.24) is 4.98 Å². The lowest BCUT2D eigenvalue weighted by Crippen LogP contribution is -2.25. The lowest BCUT2D eigenvalue weighted by molar-refractivity contribution is -0.126. The highest BCUT2D eigenvalue weighted by Crippen LogP contribution is 2.44. The summed E-state index contributed by atoms with van der Waals surface area (Å²) < 4.78 is 19.6. The van der Waals surface area contributed by atoms with E-state index in [1.54, 1.807) is 6.07 Å². The Morgan fingerprint density at radius 1 is 1.30 bits per heavy atom. The number of benzene rings is 1. The largest absolute Gasteiger partial charge is 0.457 e. The predicted octanol–water partition coefficient (Wildman–Crippen LogP) is 2.51. The molecule has 0 spiro atoms. The van der Waals surface area contributed by atoms with Crippen molar-refractivity contribution in [1.29, 1.82) is 0 Å². The van der Waals surface area contributed by atoms with Gasteiger partial charge in [-0.25, -0.2) is 9.37 Å². The number of hydrogen-bond acceptors (Lipinski definition) is 5. The summed E-state index contributed by atoms with van der Waals surface area (Å²) in [5.41, 5.74) is 4.55. The first-order valence-electron chi connectivity index (χ1n) is 6.99. The SMILES string of the molecule is Nc1cc(Oc2ccc(NC(=O)C3(C=O)CC3)c(F)c2)ccn1. The Hall–Kier alpha value is -2.96. The van der Waals surface area contributed by atoms with Gasteiger partial charge in [0.15, 0.2) is 0 Å². The van der Waals surface area contributed by atoms with E-state index in [0.717, 1.165) is 6.07 Å². The lowest BCUT2D eigenvalue weighted by atomic mass is 10.1. The summed E-state index contributed by atoms with van der Waals surface area (Å²) >= 11 is 0. The Morgan fingerprint density at radius 3 is 2.65 bits per heavy atom. The fourth-order valence-corrected chi connectivity index (χ4v) is 2.07. The number of anilines is 2. The first-order chi connectivity index (χ1) is 11.0. The van der Waals surface area contributed by atoms with Crippen molar-refractivity contribution in [3.63, 3.8) is 0 Å². The Morgan fingerprint density at radius 2 is 2.04 bits per heavy atom. The van der Waals surface area contributed by atoms with E-state index in [1.165, 1.54) is 24.4 Å². The first-order valence-corrected chi connectivity index (χ1v) is 6.99. The van der Waals surface area contributed by atoms with Crippen LogP contribution in [0.2, 0.25) is 0 Å². The minimum Gasteiger partial charge on any atom is -0.457 e. The Balaban J connectivity index is 1.73. The van der Waals surface area contributed by atoms with Gasteiger partial charge in [0.05, 0.1) is 5.69 Å². The molecular formula is C16H14FN3O3. The lowest BCUT2D eigenvalue weighted by Gasteiger charge is -2.11. The molecule has 1 amide bonds. The highest BCUT2D eigenvalue weighted by Gasteiger charge is 2.50. The fraction of sp³-hybridized carbons (Fsp3) is 0.188. The molecule has 0 atom stereocenters. The van der Waals surface area contributed by atoms with E-state index in [-0.39, 0.29) is 17.3 Å². The molecule has 1 aliphatic carbocycles. The van der Waals surface area contributed by atoms with Crippen LogP contribution in [0.4, 0.5) is 15.9 Å². The van der Waals surface area contributed by atoms with Gasteiger partial charge in [0, 0.05) is 18.3 Å². The van der Waals surface area contributed by atoms with E-state index in [9.17, 15) is 14.0 Å². The van der Waals surface area contributed by atoms with E-state index < -0.39 is 17.1 Å². The number of nitrogens with one attached hydrogen (secondary N) is 1. The minimum absolute atomic E-state index is 0.00437. The molecule has 1 fully saturated rings. The van der Waals surface area contributed by atoms with Crippen LogP contribution in [-0.4, -0.2) is 17.2 Å². The number of nitrogens with zero attached hydrogens (tertiary/aromatic N) is 1. The number of pyridine rings is 1. The molecule has 1 aliphatic rings. The molecule has 23 heavy (non-hydrogen) atoms. The average molecular weight is 315 g/mol. The molecule has 1 heterocycles. The van der Waals surface area contributed by atoms with E-state index >= 15 is 0 Å². The van der Waals surface area contributed by atoms with Crippen LogP contribution in [0.3, 0.4) is 0 Å². The summed E-state index contributed by atoms with van der Waals surface area (Å²) in [6.45, 7) is 0. The van der Waals surface area contributed by atoms with Crippen molar-refractivity contribution in [3.8, 4) is 11.5 Å². The molecule has 1 saturated carbocycles. The molecular weight excluding hydrogens is 301 g/mol. The van der Waals surface area contributed by atoms with Crippen LogP contribution in [0.25, 0.3) is 0 Å². The topological polar surface area (TPSA) is 94.3 Å². The third-order valence-electron chi connectivity index (χ3n) is 3.64. The van der Waals surface area contributed by atoms with Gasteiger partial charge in [-0.1, -0.05) is 0 Å². The Kier molecular flexibility index (Phi) is 3.69. The number of halogens is 1. The van der Waals surface area contributed by atoms with Crippen molar-refractivity contribution in [2.24, 2.45) is 5.41 Å². The first kappa shape index (κ1) is 15.0. The zero-order valence-electron chi connectivity index (χ0n) is 12.1. The zero-order valence-corrected chi connectivity index (χ0v) is 12.1. The highest BCUT2D eigenvalue weighted by molar-refractivity contribution is 6.07. The number of carbonyl (C=O) groups is 2. The monoisotopic (exact) mass is 315 g/mol. The van der Waals surface area contributed by atoms with Crippen LogP contribution in [0, 0.1) is 11.2 Å². The van der Waals surface area contributed by atoms with E-state index in [4.69, 9.17) is 10.5 Å². The summed E-state index contributed by atoms with van der Waals surface area (Å²) in [7, 11) is 0. The van der Waals surface area contributed by atoms with Gasteiger partial charge in [-0.05, 0) is 31.0 Å². The van der Waals surface area contributed by atoms with Gasteiger partial charge in [0.25, 0.3) is 0 Å². The van der Waals surface area contributed by atoms with E-state index in [2.05, 4.69) is 10.3 Å². The summed E-state index contributed by atoms with van der Waals surface area (Å²) in [5.74, 6) is -0.175. The summed E-state index contributed by atoms with van der Waals surface area (Å²) in [4.78, 5) is 26.7. The number of carbonyl (C=O) groups excluding carboxylic acids is 2. The maximum atomic E-state index is 14.1. The fourth-order valence-electron chi connectivity index (χ4n) is 2.07. The van der Waals surface area contributed by atoms with Gasteiger partial charge in [0.2, 0.25) is 5.91 Å². The average Bonchev–Trinajstić information content (AvgIpc) is 3.31. The number of aromatic nitrogens is 1. The Labute approximate surface area is 131 Å². The molecule has 0 bridgehead atoms. The molecule has 3 N–H and O–H groups in total. The molecule has 1 aromatic carbocycles. The standard InChI is InChI=1S/C16H14FN3O3/c17-12-7-10(23-11-3-6-19-14(18)8-11)1-2-13(12)20-15(22)16(9-21)4-5-16/h1-3,6-9H,4-5H2,(H2,18,19)(H,20,22). The van der Waals surface area contributed by atoms with Crippen molar-refractivity contribution in [3.05, 3.63) is 42.3 Å². The number of nitrogen functional groups attached to an aromatic ring is 1. The van der Waals surface area contributed by atoms with Crippen molar-refractivity contribution in [2.75, 3.05) is 11.1 Å². The normalized spacial score (nSPS) is 14.8. The second-order valence-corrected chi connectivity index (χ2v) is 5.39. The number of amides is 1. The maximum Gasteiger partial charge on any atom is 0.237 e. The molecule has 0 unspecified atom stereocenters. The van der Waals surface area contributed by atoms with Crippen LogP contribution < -0.4 is 15.8 Å². The Bertz CT molecular complexity index is 775. The third kappa shape index (κ3) is 3.13. The molecule has 3 rings (SSSR count). The minimum atomic E-state index is -0.990. The number of hydrogen-bond donors (Lipinski definition) is 2. The molecule has 1 aromatic heterocycles. The van der Waals surface area contributed by atoms with Crippen LogP contribution in [0.15, 0.2) is 36.5 Å². The molecule has 0 aliphatic heterocycles. The molecule has 2 aromatic rings. The predicted molar refractivity (Wildman–Crippen MR) is 81.5 cm³/mol. The second-order valence-electron chi connectivity index (χ2n) is 5.39. The van der Waals surface area contributed by atoms with Crippen LogP contribution in [0.5, 0.6) is 11.5 Å². The maximum absolute atomic E-state index is 14.1. The summed E-state index contributed by atoms with van der Waals surface area (Å²) in [5, 5.41) is 2.43. The second kappa shape index (κ2) is 5.68. The van der Waals surface area contributed by atoms with Gasteiger partial charge in [-0.3, -0.25) is 4.79 Å². The van der Waals surface area contributed by atoms with Gasteiger partial charge >= 0.3 is 0 Å². The smallest absolute Gasteiger partial charge is 0.237 e. The van der Waals surface area contributed by atoms with Crippen LogP contribution in [-0.2, 0) is 9.59 Å². The summed E-state index contributed by atoms with van der Waals surface area (Å²) in [6.07, 6.45) is 3.08. The van der Waals surface area contributed by atoms with Gasteiger partial charge < -0.3 is 20.6 Å². The third-order valence-corrected chi connectivity index (χ3v) is 3.64. The number of nitrogens with two attached hydrogens (primary N) is 1. The van der Waals surface area contributed by atoms with E-state index in [1.807, 2.05) is 0 Å². The van der Waals surface area contributed by atoms with Crippen molar-refractivity contribution >= 4 is 23.7 Å². The van der Waals surface area contributed by atoms with Crippen molar-refractivity contribution < 1.29 is 18.7 Å². The molecule has 7 heteroatoms. The molecule has 0 radical (unpaired) electrons. The van der Waals surface area contributed by atoms with Gasteiger partial charge in [-0.2, -0.15) is 0 Å². The highest BCUT2D eigenvalue weighted by atomic mass is 19.1. The zero-order chi connectivity index (χ0) is 16.4. The van der Waals surface area contributed by atoms with Gasteiger partial charge in [-0.15, -0.1) is 0 Å². The van der Waals surface area contributed by atoms with Crippen LogP contribution >= 0.6 is 0 Å².